The molecule has 1 aromatic heterocycles. The van der Waals surface area contributed by atoms with E-state index in [1.807, 2.05) is 6.07 Å². The summed E-state index contributed by atoms with van der Waals surface area (Å²) >= 11 is 0. The highest BCUT2D eigenvalue weighted by Gasteiger charge is 2.50. The molecule has 7 nitrogen and oxygen atoms in total. The maximum Gasteiger partial charge on any atom is 0.217 e. The minimum absolute atomic E-state index is 0.0841. The molecule has 0 amide bonds. The summed E-state index contributed by atoms with van der Waals surface area (Å²) in [6.07, 6.45) is -1.13. The molecular weight excluding hydrogens is 282 g/mol. The third kappa shape index (κ3) is 2.17. The Morgan fingerprint density at radius 1 is 1.60 bits per heavy atom. The lowest BCUT2D eigenvalue weighted by Crippen LogP contribution is -2.29. The van der Waals surface area contributed by atoms with Crippen molar-refractivity contribution in [3.05, 3.63) is 11.3 Å². The number of rotatable bonds is 3. The van der Waals surface area contributed by atoms with Crippen LogP contribution in [0.1, 0.15) is 23.8 Å². The molecule has 1 saturated heterocycles. The average Bonchev–Trinajstić information content (AvgIpc) is 2.85. The first-order chi connectivity index (χ1) is 9.26. The molecule has 1 aliphatic heterocycles. The fourth-order valence-electron chi connectivity index (χ4n) is 2.73. The molecule has 0 aromatic carbocycles. The van der Waals surface area contributed by atoms with E-state index in [4.69, 9.17) is 4.74 Å². The molecule has 2 rings (SSSR count). The minimum Gasteiger partial charge on any atom is -0.481 e. The monoisotopic (exact) mass is 299 g/mol. The number of aliphatic hydroxyl groups excluding tert-OH is 1. The summed E-state index contributed by atoms with van der Waals surface area (Å²) in [6.45, 7) is 1.69. The van der Waals surface area contributed by atoms with Gasteiger partial charge in [-0.25, -0.2) is 13.1 Å². The number of aliphatic hydroxyl groups is 1. The van der Waals surface area contributed by atoms with E-state index in [0.29, 0.717) is 17.1 Å². The number of aryl methyl sites for hydroxylation is 2. The van der Waals surface area contributed by atoms with Crippen molar-refractivity contribution >= 4 is 9.84 Å². The largest absolute Gasteiger partial charge is 0.481 e. The van der Waals surface area contributed by atoms with E-state index in [-0.39, 0.29) is 17.9 Å². The first-order valence-electron chi connectivity index (χ1n) is 6.13. The second-order valence-corrected chi connectivity index (χ2v) is 7.33. The lowest BCUT2D eigenvalue weighted by atomic mass is 9.80. The van der Waals surface area contributed by atoms with Crippen molar-refractivity contribution < 1.29 is 18.3 Å². The first kappa shape index (κ1) is 14.8. The minimum atomic E-state index is -3.30. The Kier molecular flexibility index (Phi) is 3.52. The highest BCUT2D eigenvalue weighted by molar-refractivity contribution is 7.91. The summed E-state index contributed by atoms with van der Waals surface area (Å²) in [5.74, 6) is -0.0806. The van der Waals surface area contributed by atoms with E-state index in [9.17, 15) is 18.8 Å². The van der Waals surface area contributed by atoms with Crippen LogP contribution in [0, 0.1) is 23.7 Å². The summed E-state index contributed by atoms with van der Waals surface area (Å²) in [7, 11) is -0.194. The molecule has 1 N–H and O–H groups in total. The van der Waals surface area contributed by atoms with E-state index in [2.05, 4.69) is 5.10 Å². The van der Waals surface area contributed by atoms with Gasteiger partial charge in [0.2, 0.25) is 5.88 Å². The van der Waals surface area contributed by atoms with Crippen LogP contribution in [0.5, 0.6) is 5.88 Å². The average molecular weight is 299 g/mol. The van der Waals surface area contributed by atoms with Crippen LogP contribution in [0.3, 0.4) is 0 Å². The predicted octanol–water partition coefficient (Wildman–Crippen LogP) is 0.0990. The van der Waals surface area contributed by atoms with Gasteiger partial charge in [0.15, 0.2) is 9.84 Å². The molecule has 0 saturated carbocycles. The molecule has 1 fully saturated rings. The van der Waals surface area contributed by atoms with Crippen molar-refractivity contribution in [3.8, 4) is 11.9 Å². The number of nitriles is 1. The fourth-order valence-corrected chi connectivity index (χ4v) is 4.70. The van der Waals surface area contributed by atoms with Crippen molar-refractivity contribution in [1.29, 1.82) is 5.26 Å². The Bertz CT molecular complexity index is 674. The number of methoxy groups -OCH3 is 1. The van der Waals surface area contributed by atoms with Crippen LogP contribution in [0.15, 0.2) is 0 Å². The number of ether oxygens (including phenoxy) is 1. The van der Waals surface area contributed by atoms with E-state index in [1.54, 1.807) is 14.0 Å². The van der Waals surface area contributed by atoms with Gasteiger partial charge >= 0.3 is 0 Å². The molecular formula is C12H17N3O4S. The third-order valence-electron chi connectivity index (χ3n) is 3.76. The standard InChI is InChI=1S/C12H17N3O4S/c1-8-9(11(19-3)15(2)14-8)10(16)12(6-13)4-5-20(17,18)7-12/h10,16H,4-5,7H2,1-3H3. The SMILES string of the molecule is COc1c(C(O)C2(C#N)CCS(=O)(=O)C2)c(C)nn1C. The Morgan fingerprint density at radius 3 is 2.70 bits per heavy atom. The van der Waals surface area contributed by atoms with Crippen LogP contribution in [0.2, 0.25) is 0 Å². The third-order valence-corrected chi connectivity index (χ3v) is 5.54. The highest BCUT2D eigenvalue weighted by Crippen LogP contribution is 2.46. The van der Waals surface area contributed by atoms with Crippen molar-refractivity contribution in [2.75, 3.05) is 18.6 Å². The molecule has 0 radical (unpaired) electrons. The molecule has 0 spiro atoms. The van der Waals surface area contributed by atoms with Gasteiger partial charge in [0, 0.05) is 7.05 Å². The molecule has 1 aromatic rings. The molecule has 1 aliphatic rings. The van der Waals surface area contributed by atoms with Crippen LogP contribution in [0.25, 0.3) is 0 Å². The van der Waals surface area contributed by atoms with Gasteiger partial charge in [-0.2, -0.15) is 10.4 Å². The molecule has 2 heterocycles. The van der Waals surface area contributed by atoms with Crippen molar-refractivity contribution in [2.45, 2.75) is 19.4 Å². The van der Waals surface area contributed by atoms with Gasteiger partial charge < -0.3 is 9.84 Å². The van der Waals surface area contributed by atoms with E-state index in [1.165, 1.54) is 11.8 Å². The van der Waals surface area contributed by atoms with Gasteiger partial charge in [0.1, 0.15) is 11.5 Å². The molecule has 0 aliphatic carbocycles. The molecule has 0 bridgehead atoms. The zero-order chi connectivity index (χ0) is 15.1. The Hall–Kier alpha value is -1.59. The van der Waals surface area contributed by atoms with Gasteiger partial charge in [-0.1, -0.05) is 0 Å². The van der Waals surface area contributed by atoms with Crippen molar-refractivity contribution in [3.63, 3.8) is 0 Å². The smallest absolute Gasteiger partial charge is 0.217 e. The van der Waals surface area contributed by atoms with Gasteiger partial charge in [-0.05, 0) is 13.3 Å². The summed E-state index contributed by atoms with van der Waals surface area (Å²) in [5, 5.41) is 24.1. The molecule has 2 unspecified atom stereocenters. The van der Waals surface area contributed by atoms with Crippen molar-refractivity contribution in [1.82, 2.24) is 9.78 Å². The lowest BCUT2D eigenvalue weighted by Gasteiger charge is -2.26. The highest BCUT2D eigenvalue weighted by atomic mass is 32.2. The molecule has 2 atom stereocenters. The summed E-state index contributed by atoms with van der Waals surface area (Å²) in [5.41, 5.74) is -0.427. The number of aromatic nitrogens is 2. The first-order valence-corrected chi connectivity index (χ1v) is 7.96. The van der Waals surface area contributed by atoms with Gasteiger partial charge in [-0.3, -0.25) is 0 Å². The van der Waals surface area contributed by atoms with Crippen LogP contribution >= 0.6 is 0 Å². The molecule has 8 heteroatoms. The van der Waals surface area contributed by atoms with E-state index < -0.39 is 21.4 Å². The Labute approximate surface area is 117 Å². The summed E-state index contributed by atoms with van der Waals surface area (Å²) in [4.78, 5) is 0. The van der Waals surface area contributed by atoms with Gasteiger partial charge in [0.05, 0.1) is 35.9 Å². The van der Waals surface area contributed by atoms with Crippen LogP contribution < -0.4 is 4.74 Å². The number of hydrogen-bond donors (Lipinski definition) is 1. The number of hydrogen-bond acceptors (Lipinski definition) is 6. The zero-order valence-corrected chi connectivity index (χ0v) is 12.4. The molecule has 20 heavy (non-hydrogen) atoms. The lowest BCUT2D eigenvalue weighted by molar-refractivity contribution is 0.0760. The summed E-state index contributed by atoms with van der Waals surface area (Å²) < 4.78 is 30.0. The Balaban J connectivity index is 2.51. The number of sulfone groups is 1. The fraction of sp³-hybridized carbons (Fsp3) is 0.667. The zero-order valence-electron chi connectivity index (χ0n) is 11.6. The predicted molar refractivity (Wildman–Crippen MR) is 70.8 cm³/mol. The van der Waals surface area contributed by atoms with Gasteiger partial charge in [-0.15, -0.1) is 0 Å². The normalized spacial score (nSPS) is 26.1. The van der Waals surface area contributed by atoms with E-state index in [0.717, 1.165) is 0 Å². The molecule has 110 valence electrons. The van der Waals surface area contributed by atoms with Crippen LogP contribution in [0.4, 0.5) is 0 Å². The quantitative estimate of drug-likeness (QED) is 0.848. The van der Waals surface area contributed by atoms with Gasteiger partial charge in [0.25, 0.3) is 0 Å². The van der Waals surface area contributed by atoms with E-state index >= 15 is 0 Å². The second kappa shape index (κ2) is 4.75. The van der Waals surface area contributed by atoms with Crippen LogP contribution in [-0.4, -0.2) is 41.9 Å². The Morgan fingerprint density at radius 2 is 2.25 bits per heavy atom. The topological polar surface area (TPSA) is 105 Å². The maximum atomic E-state index is 11.7. The van der Waals surface area contributed by atoms with Crippen molar-refractivity contribution in [2.24, 2.45) is 12.5 Å². The van der Waals surface area contributed by atoms with Crippen LogP contribution in [-0.2, 0) is 16.9 Å². The second-order valence-electron chi connectivity index (χ2n) is 5.14. The summed E-state index contributed by atoms with van der Waals surface area (Å²) in [6, 6.07) is 2.00. The maximum absolute atomic E-state index is 11.7. The number of nitrogens with zero attached hydrogens (tertiary/aromatic N) is 3.